The normalized spacial score (nSPS) is 18.5. The van der Waals surface area contributed by atoms with Crippen LogP contribution in [-0.2, 0) is 4.79 Å². The fourth-order valence-corrected chi connectivity index (χ4v) is 4.86. The molecule has 0 saturated carbocycles. The van der Waals surface area contributed by atoms with Gasteiger partial charge < -0.3 is 19.7 Å². The van der Waals surface area contributed by atoms with Gasteiger partial charge >= 0.3 is 0 Å². The van der Waals surface area contributed by atoms with Crippen molar-refractivity contribution in [2.24, 2.45) is 0 Å². The zero-order valence-corrected chi connectivity index (χ0v) is 20.4. The molecule has 3 heterocycles. The van der Waals surface area contributed by atoms with Gasteiger partial charge in [-0.25, -0.2) is 0 Å². The predicted octanol–water partition coefficient (Wildman–Crippen LogP) is 2.94. The van der Waals surface area contributed by atoms with E-state index in [9.17, 15) is 9.59 Å². The Morgan fingerprint density at radius 2 is 1.78 bits per heavy atom. The number of benzene rings is 1. The maximum absolute atomic E-state index is 13.0. The van der Waals surface area contributed by atoms with Crippen molar-refractivity contribution >= 4 is 46.7 Å². The average molecular weight is 482 g/mol. The number of piperidine rings is 1. The predicted molar refractivity (Wildman–Crippen MR) is 131 cm³/mol. The number of nitrogens with zero attached hydrogens (tertiary/aromatic N) is 4. The summed E-state index contributed by atoms with van der Waals surface area (Å²) in [6, 6.07) is 7.92. The summed E-state index contributed by atoms with van der Waals surface area (Å²) >= 11 is 6.05. The van der Waals surface area contributed by atoms with E-state index >= 15 is 0 Å². The topological polar surface area (TPSA) is 62.9 Å². The molecule has 0 radical (unpaired) electrons. The van der Waals surface area contributed by atoms with E-state index in [0.29, 0.717) is 23.3 Å². The van der Waals surface area contributed by atoms with Gasteiger partial charge in [-0.05, 0) is 64.2 Å². The van der Waals surface area contributed by atoms with E-state index in [4.69, 9.17) is 11.6 Å². The molecular formula is C23H33Cl2N5O2. The van der Waals surface area contributed by atoms with Crippen LogP contribution in [0.25, 0.3) is 10.9 Å². The molecule has 2 amide bonds. The maximum atomic E-state index is 13.0. The Bertz CT molecular complexity index is 934. The highest BCUT2D eigenvalue weighted by atomic mass is 35.5. The van der Waals surface area contributed by atoms with Crippen molar-refractivity contribution < 1.29 is 9.59 Å². The Hall–Kier alpha value is -1.80. The Balaban J connectivity index is 0.00000289. The first-order valence-electron chi connectivity index (χ1n) is 11.2. The number of amides is 2. The summed E-state index contributed by atoms with van der Waals surface area (Å²) in [6.07, 6.45) is 2.41. The molecule has 7 nitrogen and oxygen atoms in total. The first kappa shape index (κ1) is 24.8. The minimum Gasteiger partial charge on any atom is -0.351 e. The summed E-state index contributed by atoms with van der Waals surface area (Å²) < 4.78 is 0. The second-order valence-electron chi connectivity index (χ2n) is 8.69. The van der Waals surface area contributed by atoms with Gasteiger partial charge in [0.2, 0.25) is 5.91 Å². The molecule has 2 aliphatic heterocycles. The maximum Gasteiger partial charge on any atom is 0.270 e. The average Bonchev–Trinajstić information content (AvgIpc) is 3.20. The molecule has 1 aromatic carbocycles. The number of hydrogen-bond donors (Lipinski definition) is 1. The summed E-state index contributed by atoms with van der Waals surface area (Å²) in [5.74, 6) is -0.134. The molecule has 0 aliphatic carbocycles. The molecule has 4 rings (SSSR count). The molecule has 1 N–H and O–H groups in total. The van der Waals surface area contributed by atoms with Crippen molar-refractivity contribution in [3.05, 3.63) is 35.0 Å². The van der Waals surface area contributed by atoms with Crippen LogP contribution in [0.5, 0.6) is 0 Å². The fourth-order valence-electron chi connectivity index (χ4n) is 4.68. The smallest absolute Gasteiger partial charge is 0.270 e. The third-order valence-corrected chi connectivity index (χ3v) is 6.91. The van der Waals surface area contributed by atoms with Gasteiger partial charge in [-0.2, -0.15) is 0 Å². The SMILES string of the molecule is CCN(CC(=O)N1CCN(C2CCN(C)CC2)CC1)C(=O)c1cc2cc(Cl)ccc2[nH]1.Cl. The van der Waals surface area contributed by atoms with Gasteiger partial charge in [-0.1, -0.05) is 11.6 Å². The van der Waals surface area contributed by atoms with Gasteiger partial charge in [0.25, 0.3) is 5.91 Å². The molecule has 0 unspecified atom stereocenters. The van der Waals surface area contributed by atoms with Crippen LogP contribution in [0, 0.1) is 0 Å². The van der Waals surface area contributed by atoms with Crippen LogP contribution in [0.1, 0.15) is 30.3 Å². The van der Waals surface area contributed by atoms with Crippen molar-refractivity contribution in [1.82, 2.24) is 24.6 Å². The third kappa shape index (κ3) is 5.57. The fraction of sp³-hybridized carbons (Fsp3) is 0.565. The quantitative estimate of drug-likeness (QED) is 0.712. The summed E-state index contributed by atoms with van der Waals surface area (Å²) in [6.45, 7) is 8.11. The number of carbonyl (C=O) groups is 2. The third-order valence-electron chi connectivity index (χ3n) is 6.68. The number of likely N-dealkylation sites (tertiary alicyclic amines) is 1. The van der Waals surface area contributed by atoms with E-state index in [1.165, 1.54) is 12.8 Å². The summed E-state index contributed by atoms with van der Waals surface area (Å²) in [7, 11) is 2.18. The minimum absolute atomic E-state index is 0. The van der Waals surface area contributed by atoms with E-state index < -0.39 is 0 Å². The molecule has 32 heavy (non-hydrogen) atoms. The highest BCUT2D eigenvalue weighted by Gasteiger charge is 2.29. The van der Waals surface area contributed by atoms with Crippen LogP contribution < -0.4 is 0 Å². The highest BCUT2D eigenvalue weighted by molar-refractivity contribution is 6.31. The number of hydrogen-bond acceptors (Lipinski definition) is 4. The Labute approximate surface area is 201 Å². The lowest BCUT2D eigenvalue weighted by Crippen LogP contribution is -2.55. The molecule has 0 bridgehead atoms. The lowest BCUT2D eigenvalue weighted by atomic mass is 10.0. The van der Waals surface area contributed by atoms with Crippen LogP contribution in [0.4, 0.5) is 0 Å². The van der Waals surface area contributed by atoms with Gasteiger partial charge in [-0.15, -0.1) is 12.4 Å². The van der Waals surface area contributed by atoms with Gasteiger partial charge in [0.15, 0.2) is 0 Å². The van der Waals surface area contributed by atoms with Crippen LogP contribution in [0.15, 0.2) is 24.3 Å². The molecular weight excluding hydrogens is 449 g/mol. The Morgan fingerprint density at radius 3 is 2.44 bits per heavy atom. The molecule has 2 fully saturated rings. The molecule has 2 aliphatic rings. The Morgan fingerprint density at radius 1 is 1.09 bits per heavy atom. The number of piperazine rings is 1. The molecule has 2 saturated heterocycles. The zero-order chi connectivity index (χ0) is 22.0. The molecule has 9 heteroatoms. The number of H-pyrrole nitrogens is 1. The number of rotatable bonds is 5. The van der Waals surface area contributed by atoms with Crippen LogP contribution in [0.3, 0.4) is 0 Å². The van der Waals surface area contributed by atoms with Gasteiger partial charge in [0.05, 0.1) is 0 Å². The molecule has 2 aromatic rings. The number of carbonyl (C=O) groups excluding carboxylic acids is 2. The van der Waals surface area contributed by atoms with Crippen molar-refractivity contribution in [1.29, 1.82) is 0 Å². The van der Waals surface area contributed by atoms with E-state index in [1.807, 2.05) is 24.0 Å². The lowest BCUT2D eigenvalue weighted by Gasteiger charge is -2.42. The molecule has 0 spiro atoms. The standard InChI is InChI=1S/C23H32ClN5O2.ClH/c1-3-27(23(31)21-15-17-14-18(24)4-5-20(17)25-21)16-22(30)29-12-10-28(11-13-29)19-6-8-26(2)9-7-19;/h4-5,14-15,19,25H,3,6-13,16H2,1-2H3;1H. The summed E-state index contributed by atoms with van der Waals surface area (Å²) in [5.41, 5.74) is 1.35. The minimum atomic E-state index is -0.159. The van der Waals surface area contributed by atoms with Crippen molar-refractivity contribution in [2.75, 3.05) is 59.4 Å². The van der Waals surface area contributed by atoms with E-state index in [0.717, 1.165) is 50.2 Å². The number of nitrogens with one attached hydrogen (secondary N) is 1. The van der Waals surface area contributed by atoms with Crippen LogP contribution >= 0.6 is 24.0 Å². The first-order valence-corrected chi connectivity index (χ1v) is 11.6. The largest absolute Gasteiger partial charge is 0.351 e. The summed E-state index contributed by atoms with van der Waals surface area (Å²) in [4.78, 5) is 37.5. The second-order valence-corrected chi connectivity index (χ2v) is 9.12. The van der Waals surface area contributed by atoms with E-state index in [-0.39, 0.29) is 30.8 Å². The van der Waals surface area contributed by atoms with Crippen LogP contribution in [0.2, 0.25) is 5.02 Å². The Kier molecular flexibility index (Phi) is 8.44. The van der Waals surface area contributed by atoms with Gasteiger partial charge in [0.1, 0.15) is 12.2 Å². The highest BCUT2D eigenvalue weighted by Crippen LogP contribution is 2.21. The molecule has 1 aromatic heterocycles. The van der Waals surface area contributed by atoms with Crippen molar-refractivity contribution in [2.45, 2.75) is 25.8 Å². The van der Waals surface area contributed by atoms with Gasteiger partial charge in [-0.3, -0.25) is 14.5 Å². The number of likely N-dealkylation sites (N-methyl/N-ethyl adjacent to an activating group) is 1. The molecule has 176 valence electrons. The first-order chi connectivity index (χ1) is 14.9. The van der Waals surface area contributed by atoms with E-state index in [2.05, 4.69) is 21.8 Å². The van der Waals surface area contributed by atoms with E-state index in [1.54, 1.807) is 17.0 Å². The summed E-state index contributed by atoms with van der Waals surface area (Å²) in [5, 5.41) is 1.52. The number of fused-ring (bicyclic) bond motifs is 1. The zero-order valence-electron chi connectivity index (χ0n) is 18.8. The molecule has 0 atom stereocenters. The number of aromatic nitrogens is 1. The van der Waals surface area contributed by atoms with Crippen LogP contribution in [-0.4, -0.2) is 102 Å². The van der Waals surface area contributed by atoms with Gasteiger partial charge in [0, 0.05) is 54.7 Å². The van der Waals surface area contributed by atoms with Crippen molar-refractivity contribution in [3.8, 4) is 0 Å². The number of aromatic amines is 1. The lowest BCUT2D eigenvalue weighted by molar-refractivity contribution is -0.134. The monoisotopic (exact) mass is 481 g/mol. The number of halogens is 2. The second kappa shape index (κ2) is 10.9. The van der Waals surface area contributed by atoms with Crippen molar-refractivity contribution in [3.63, 3.8) is 0 Å².